The summed E-state index contributed by atoms with van der Waals surface area (Å²) in [7, 11) is 0. The number of ether oxygens (including phenoxy) is 2. The Labute approximate surface area is 218 Å². The van der Waals surface area contributed by atoms with Gasteiger partial charge in [0.2, 0.25) is 5.91 Å². The molecule has 1 spiro atoms. The Kier molecular flexibility index (Phi) is 7.62. The van der Waals surface area contributed by atoms with Crippen molar-refractivity contribution in [1.29, 1.82) is 0 Å². The fourth-order valence-corrected chi connectivity index (χ4v) is 6.73. The Morgan fingerprint density at radius 3 is 2.54 bits per heavy atom. The summed E-state index contributed by atoms with van der Waals surface area (Å²) in [6, 6.07) is 4.95. The summed E-state index contributed by atoms with van der Waals surface area (Å²) >= 11 is 0. The van der Waals surface area contributed by atoms with E-state index in [0.717, 1.165) is 16.8 Å². The third kappa shape index (κ3) is 4.30. The molecule has 2 unspecified atom stereocenters. The highest BCUT2D eigenvalue weighted by Gasteiger charge is 2.78. The molecule has 37 heavy (non-hydrogen) atoms. The van der Waals surface area contributed by atoms with E-state index in [1.807, 2.05) is 39.0 Å². The van der Waals surface area contributed by atoms with Gasteiger partial charge in [0.15, 0.2) is 0 Å². The van der Waals surface area contributed by atoms with Gasteiger partial charge in [0, 0.05) is 25.4 Å². The van der Waals surface area contributed by atoms with E-state index in [2.05, 4.69) is 13.2 Å². The van der Waals surface area contributed by atoms with E-state index in [9.17, 15) is 19.5 Å². The van der Waals surface area contributed by atoms with Crippen molar-refractivity contribution < 1.29 is 29.0 Å². The van der Waals surface area contributed by atoms with Crippen molar-refractivity contribution in [2.75, 3.05) is 31.2 Å². The normalized spacial score (nSPS) is 29.8. The van der Waals surface area contributed by atoms with Gasteiger partial charge in [-0.1, -0.05) is 36.9 Å². The SMILES string of the molecule is C=CCOC(=O)[C@@H]1[C@H]2C(=O)N(CCCCO)C(C(=O)N(CC=C)c3c(C)cccc3C)C23CC[C@@]1(C)O3. The van der Waals surface area contributed by atoms with Crippen LogP contribution >= 0.6 is 0 Å². The molecule has 3 heterocycles. The van der Waals surface area contributed by atoms with E-state index in [4.69, 9.17) is 9.47 Å². The molecule has 3 fully saturated rings. The average molecular weight is 511 g/mol. The molecule has 3 saturated heterocycles. The standard InChI is InChI=1S/C29H38N2O6/c1-6-15-30(23-19(3)11-10-12-20(23)4)26(34)24-29-14-13-28(5,37-29)22(27(35)36-18-7-2)21(29)25(33)31(24)16-8-9-17-32/h6-7,10-12,21-22,24,32H,1-2,8-9,13-18H2,3-5H3/t21-,22-,24?,28+,29?/m0/s1. The van der Waals surface area contributed by atoms with Gasteiger partial charge in [-0.3, -0.25) is 14.4 Å². The largest absolute Gasteiger partial charge is 0.461 e. The van der Waals surface area contributed by atoms with Crippen LogP contribution in [0.15, 0.2) is 43.5 Å². The molecule has 4 rings (SSSR count). The molecular formula is C29H38N2O6. The Hall–Kier alpha value is -2.97. The first-order valence-electron chi connectivity index (χ1n) is 13.0. The molecule has 8 nitrogen and oxygen atoms in total. The number of carbonyl (C=O) groups excluding carboxylic acids is 3. The monoisotopic (exact) mass is 510 g/mol. The molecular weight excluding hydrogens is 472 g/mol. The number of fused-ring (bicyclic) bond motifs is 1. The van der Waals surface area contributed by atoms with Crippen LogP contribution in [0.3, 0.4) is 0 Å². The zero-order valence-electron chi connectivity index (χ0n) is 22.1. The fraction of sp³-hybridized carbons (Fsp3) is 0.552. The third-order valence-corrected chi connectivity index (χ3v) is 8.20. The lowest BCUT2D eigenvalue weighted by Crippen LogP contribution is -2.56. The second-order valence-corrected chi connectivity index (χ2v) is 10.6. The molecule has 3 aliphatic rings. The number of para-hydroxylation sites is 1. The number of rotatable bonds is 11. The lowest BCUT2D eigenvalue weighted by atomic mass is 9.66. The van der Waals surface area contributed by atoms with Gasteiger partial charge in [-0.2, -0.15) is 0 Å². The first-order valence-corrected chi connectivity index (χ1v) is 13.0. The molecule has 200 valence electrons. The minimum absolute atomic E-state index is 0.00865. The second kappa shape index (κ2) is 10.4. The van der Waals surface area contributed by atoms with Gasteiger partial charge in [0.25, 0.3) is 5.91 Å². The maximum Gasteiger partial charge on any atom is 0.313 e. The minimum atomic E-state index is -1.13. The molecule has 2 amide bonds. The van der Waals surface area contributed by atoms with Crippen molar-refractivity contribution in [3.8, 4) is 0 Å². The van der Waals surface area contributed by atoms with Crippen LogP contribution < -0.4 is 4.90 Å². The lowest BCUT2D eigenvalue weighted by Gasteiger charge is -2.37. The molecule has 0 radical (unpaired) electrons. The molecule has 8 heteroatoms. The number of aryl methyl sites for hydroxylation is 2. The summed E-state index contributed by atoms with van der Waals surface area (Å²) in [5.74, 6) is -2.62. The highest BCUT2D eigenvalue weighted by atomic mass is 16.6. The number of amides is 2. The molecule has 3 aliphatic heterocycles. The topological polar surface area (TPSA) is 96.4 Å². The summed E-state index contributed by atoms with van der Waals surface area (Å²) < 4.78 is 12.1. The summed E-state index contributed by atoms with van der Waals surface area (Å²) in [5, 5.41) is 9.36. The predicted octanol–water partition coefficient (Wildman–Crippen LogP) is 3.09. The van der Waals surface area contributed by atoms with Gasteiger partial charge in [-0.15, -0.1) is 6.58 Å². The number of anilines is 1. The van der Waals surface area contributed by atoms with Gasteiger partial charge in [0.1, 0.15) is 24.2 Å². The Morgan fingerprint density at radius 2 is 1.92 bits per heavy atom. The second-order valence-electron chi connectivity index (χ2n) is 10.6. The fourth-order valence-electron chi connectivity index (χ4n) is 6.73. The van der Waals surface area contributed by atoms with Crippen LogP contribution in [0, 0.1) is 25.7 Å². The quantitative estimate of drug-likeness (QED) is 0.279. The molecule has 1 aromatic carbocycles. The van der Waals surface area contributed by atoms with Crippen molar-refractivity contribution in [1.82, 2.24) is 4.90 Å². The van der Waals surface area contributed by atoms with E-state index >= 15 is 0 Å². The number of hydrogen-bond acceptors (Lipinski definition) is 6. The molecule has 1 N–H and O–H groups in total. The maximum atomic E-state index is 14.5. The number of likely N-dealkylation sites (tertiary alicyclic amines) is 1. The van der Waals surface area contributed by atoms with Crippen LogP contribution in [0.5, 0.6) is 0 Å². The summed E-state index contributed by atoms with van der Waals surface area (Å²) in [4.78, 5) is 45.0. The van der Waals surface area contributed by atoms with Crippen LogP contribution in [0.2, 0.25) is 0 Å². The number of unbranched alkanes of at least 4 members (excludes halogenated alkanes) is 1. The maximum absolute atomic E-state index is 14.5. The smallest absolute Gasteiger partial charge is 0.313 e. The van der Waals surface area contributed by atoms with Crippen LogP contribution in [-0.2, 0) is 23.9 Å². The number of benzene rings is 1. The number of aliphatic hydroxyl groups is 1. The minimum Gasteiger partial charge on any atom is -0.461 e. The Bertz CT molecular complexity index is 1080. The lowest BCUT2D eigenvalue weighted by molar-refractivity contribution is -0.158. The van der Waals surface area contributed by atoms with Crippen molar-refractivity contribution >= 4 is 23.5 Å². The number of carbonyl (C=O) groups is 3. The molecule has 0 aromatic heterocycles. The van der Waals surface area contributed by atoms with Crippen molar-refractivity contribution in [2.45, 2.75) is 63.7 Å². The van der Waals surface area contributed by atoms with Gasteiger partial charge in [-0.25, -0.2) is 0 Å². The Morgan fingerprint density at radius 1 is 1.22 bits per heavy atom. The van der Waals surface area contributed by atoms with E-state index in [1.54, 1.807) is 15.9 Å². The van der Waals surface area contributed by atoms with Crippen molar-refractivity contribution in [3.05, 3.63) is 54.6 Å². The van der Waals surface area contributed by atoms with Crippen LogP contribution in [-0.4, -0.2) is 71.3 Å². The van der Waals surface area contributed by atoms with Crippen molar-refractivity contribution in [3.63, 3.8) is 0 Å². The molecule has 5 atom stereocenters. The summed E-state index contributed by atoms with van der Waals surface area (Å²) in [6.07, 6.45) is 5.24. The van der Waals surface area contributed by atoms with Crippen LogP contribution in [0.1, 0.15) is 43.7 Å². The van der Waals surface area contributed by atoms with Gasteiger partial charge < -0.3 is 24.4 Å². The van der Waals surface area contributed by atoms with Gasteiger partial charge in [0.05, 0.1) is 11.5 Å². The number of nitrogens with zero attached hydrogens (tertiary/aromatic N) is 2. The van der Waals surface area contributed by atoms with E-state index in [1.165, 1.54) is 6.08 Å². The van der Waals surface area contributed by atoms with Gasteiger partial charge in [-0.05, 0) is 57.6 Å². The highest BCUT2D eigenvalue weighted by Crippen LogP contribution is 2.63. The first kappa shape index (κ1) is 27.1. The van der Waals surface area contributed by atoms with Gasteiger partial charge >= 0.3 is 5.97 Å². The van der Waals surface area contributed by atoms with Crippen molar-refractivity contribution in [2.24, 2.45) is 11.8 Å². The van der Waals surface area contributed by atoms with E-state index in [0.29, 0.717) is 25.7 Å². The summed E-state index contributed by atoms with van der Waals surface area (Å²) in [6.45, 7) is 13.8. The van der Waals surface area contributed by atoms with Crippen LogP contribution in [0.25, 0.3) is 0 Å². The molecule has 1 aromatic rings. The zero-order chi connectivity index (χ0) is 27.0. The van der Waals surface area contributed by atoms with E-state index < -0.39 is 35.0 Å². The first-order chi connectivity index (χ1) is 17.7. The molecule has 0 aliphatic carbocycles. The number of aliphatic hydroxyl groups excluding tert-OH is 1. The number of hydrogen-bond donors (Lipinski definition) is 1. The average Bonchev–Trinajstić information content (AvgIpc) is 3.42. The zero-order valence-corrected chi connectivity index (χ0v) is 22.1. The summed E-state index contributed by atoms with van der Waals surface area (Å²) in [5.41, 5.74) is 0.645. The predicted molar refractivity (Wildman–Crippen MR) is 140 cm³/mol. The molecule has 2 bridgehead atoms. The van der Waals surface area contributed by atoms with E-state index in [-0.39, 0.29) is 38.1 Å². The van der Waals surface area contributed by atoms with Crippen LogP contribution in [0.4, 0.5) is 5.69 Å². The molecule has 0 saturated carbocycles. The highest BCUT2D eigenvalue weighted by molar-refractivity contribution is 6.05. The number of esters is 1. The third-order valence-electron chi connectivity index (χ3n) is 8.20. The Balaban J connectivity index is 1.80.